The number of ether oxygens (including phenoxy) is 1. The fourth-order valence-electron chi connectivity index (χ4n) is 3.85. The monoisotopic (exact) mass is 390 g/mol. The maximum absolute atomic E-state index is 11.8. The van der Waals surface area contributed by atoms with Crippen molar-refractivity contribution in [2.24, 2.45) is 0 Å². The van der Waals surface area contributed by atoms with Crippen LogP contribution in [0.1, 0.15) is 48.0 Å². The summed E-state index contributed by atoms with van der Waals surface area (Å²) in [6.07, 6.45) is -0.815. The molecule has 1 saturated heterocycles. The fourth-order valence-corrected chi connectivity index (χ4v) is 9.60. The molecule has 1 aliphatic heterocycles. The molecule has 0 aliphatic carbocycles. The lowest BCUT2D eigenvalue weighted by molar-refractivity contribution is -0.173. The second kappa shape index (κ2) is 10.2. The Balaban J connectivity index is 3.12. The summed E-state index contributed by atoms with van der Waals surface area (Å²) in [5, 5.41) is 9.68. The van der Waals surface area contributed by atoms with E-state index in [4.69, 9.17) is 13.6 Å². The standard InChI is InChI=1S/C18H38O5Si2/c1-7-24(8-2,9-3)22-15-13-14-21-17(18(19)20)16(15)23-25(10-4,11-5)12-6/h15-17H,7-14H2,1-6H3,(H,19,20)/t15-,16+,17+/m0/s1. The summed E-state index contributed by atoms with van der Waals surface area (Å²) in [4.78, 5) is 11.8. The second-order valence-corrected chi connectivity index (χ2v) is 16.6. The molecule has 0 radical (unpaired) electrons. The number of aliphatic carboxylic acids is 1. The van der Waals surface area contributed by atoms with E-state index in [0.717, 1.165) is 42.7 Å². The third-order valence-corrected chi connectivity index (χ3v) is 15.6. The van der Waals surface area contributed by atoms with Gasteiger partial charge in [-0.1, -0.05) is 41.5 Å². The molecule has 1 aliphatic rings. The molecular weight excluding hydrogens is 352 g/mol. The van der Waals surface area contributed by atoms with Gasteiger partial charge in [0.15, 0.2) is 22.7 Å². The van der Waals surface area contributed by atoms with E-state index in [0.29, 0.717) is 6.61 Å². The van der Waals surface area contributed by atoms with E-state index >= 15 is 0 Å². The summed E-state index contributed by atoms with van der Waals surface area (Å²) in [5.74, 6) is -0.929. The van der Waals surface area contributed by atoms with Crippen molar-refractivity contribution in [3.8, 4) is 0 Å². The van der Waals surface area contributed by atoms with Crippen LogP contribution < -0.4 is 0 Å². The predicted octanol–water partition coefficient (Wildman–Crippen LogP) is 4.64. The highest BCUT2D eigenvalue weighted by Crippen LogP contribution is 2.33. The van der Waals surface area contributed by atoms with Crippen LogP contribution in [0.4, 0.5) is 0 Å². The van der Waals surface area contributed by atoms with Crippen molar-refractivity contribution < 1.29 is 23.5 Å². The fraction of sp³-hybridized carbons (Fsp3) is 0.944. The lowest BCUT2D eigenvalue weighted by Gasteiger charge is -2.45. The van der Waals surface area contributed by atoms with Crippen LogP contribution in [0.25, 0.3) is 0 Å². The summed E-state index contributed by atoms with van der Waals surface area (Å²) in [6, 6.07) is 6.15. The van der Waals surface area contributed by atoms with Gasteiger partial charge in [-0.05, 0) is 42.7 Å². The van der Waals surface area contributed by atoms with Gasteiger partial charge < -0.3 is 18.7 Å². The molecule has 1 heterocycles. The Kier molecular flexibility index (Phi) is 9.32. The number of carbonyl (C=O) groups is 1. The zero-order valence-corrected chi connectivity index (χ0v) is 19.0. The third-order valence-electron chi connectivity index (χ3n) is 6.26. The Labute approximate surface area is 155 Å². The molecule has 0 aromatic carbocycles. The van der Waals surface area contributed by atoms with E-state index in [1.54, 1.807) is 0 Å². The number of carboxylic acid groups (broad SMARTS) is 1. The van der Waals surface area contributed by atoms with Crippen LogP contribution in [0, 0.1) is 0 Å². The first-order valence-electron chi connectivity index (χ1n) is 10.1. The molecular formula is C18H38O5Si2. The van der Waals surface area contributed by atoms with E-state index in [9.17, 15) is 9.90 Å². The molecule has 1 N–H and O–H groups in total. The van der Waals surface area contributed by atoms with Gasteiger partial charge in [0.1, 0.15) is 6.10 Å². The maximum Gasteiger partial charge on any atom is 0.335 e. The Morgan fingerprint density at radius 2 is 1.36 bits per heavy atom. The molecule has 7 heteroatoms. The summed E-state index contributed by atoms with van der Waals surface area (Å²) >= 11 is 0. The largest absolute Gasteiger partial charge is 0.479 e. The first-order valence-corrected chi connectivity index (χ1v) is 15.1. The van der Waals surface area contributed by atoms with Crippen LogP contribution >= 0.6 is 0 Å². The van der Waals surface area contributed by atoms with Crippen LogP contribution in [0.15, 0.2) is 0 Å². The van der Waals surface area contributed by atoms with E-state index in [-0.39, 0.29) is 6.10 Å². The van der Waals surface area contributed by atoms with Crippen molar-refractivity contribution >= 4 is 22.6 Å². The van der Waals surface area contributed by atoms with Crippen molar-refractivity contribution in [3.05, 3.63) is 0 Å². The van der Waals surface area contributed by atoms with Crippen LogP contribution in [-0.4, -0.2) is 52.6 Å². The Morgan fingerprint density at radius 1 is 0.920 bits per heavy atom. The van der Waals surface area contributed by atoms with Gasteiger partial charge in [0.2, 0.25) is 0 Å². The van der Waals surface area contributed by atoms with Crippen molar-refractivity contribution in [2.45, 2.75) is 103 Å². The third kappa shape index (κ3) is 5.38. The minimum absolute atomic E-state index is 0.155. The lowest BCUT2D eigenvalue weighted by Crippen LogP contribution is -2.58. The van der Waals surface area contributed by atoms with E-state index in [2.05, 4.69) is 41.5 Å². The maximum atomic E-state index is 11.8. The van der Waals surface area contributed by atoms with Gasteiger partial charge in [-0.25, -0.2) is 4.79 Å². The zero-order chi connectivity index (χ0) is 19.1. The highest BCUT2D eigenvalue weighted by Gasteiger charge is 2.47. The molecule has 25 heavy (non-hydrogen) atoms. The Hall–Kier alpha value is -0.216. The zero-order valence-electron chi connectivity index (χ0n) is 17.0. The van der Waals surface area contributed by atoms with Crippen LogP contribution in [0.2, 0.25) is 36.3 Å². The topological polar surface area (TPSA) is 65.0 Å². The number of carboxylic acids is 1. The van der Waals surface area contributed by atoms with E-state index in [1.165, 1.54) is 0 Å². The smallest absolute Gasteiger partial charge is 0.335 e. The summed E-state index contributed by atoms with van der Waals surface area (Å²) < 4.78 is 18.9. The van der Waals surface area contributed by atoms with Crippen molar-refractivity contribution in [1.29, 1.82) is 0 Å². The summed E-state index contributed by atoms with van der Waals surface area (Å²) in [5.41, 5.74) is 0. The molecule has 0 amide bonds. The molecule has 3 atom stereocenters. The summed E-state index contributed by atoms with van der Waals surface area (Å²) in [6.45, 7) is 13.5. The van der Waals surface area contributed by atoms with Crippen molar-refractivity contribution in [1.82, 2.24) is 0 Å². The molecule has 0 saturated carbocycles. The van der Waals surface area contributed by atoms with Crippen LogP contribution in [0.3, 0.4) is 0 Å². The molecule has 0 aromatic heterocycles. The number of hydrogen-bond acceptors (Lipinski definition) is 4. The minimum Gasteiger partial charge on any atom is -0.479 e. The predicted molar refractivity (Wildman–Crippen MR) is 106 cm³/mol. The van der Waals surface area contributed by atoms with Gasteiger partial charge in [-0.15, -0.1) is 0 Å². The lowest BCUT2D eigenvalue weighted by atomic mass is 10.0. The minimum atomic E-state index is -1.95. The molecule has 1 rings (SSSR count). The second-order valence-electron chi connectivity index (χ2n) is 7.14. The van der Waals surface area contributed by atoms with Crippen molar-refractivity contribution in [2.75, 3.05) is 6.61 Å². The van der Waals surface area contributed by atoms with Gasteiger partial charge in [0, 0.05) is 0 Å². The van der Waals surface area contributed by atoms with E-state index < -0.39 is 34.8 Å². The van der Waals surface area contributed by atoms with Gasteiger partial charge in [0.05, 0.1) is 12.7 Å². The average Bonchev–Trinajstić information content (AvgIpc) is 2.65. The number of rotatable bonds is 11. The first-order chi connectivity index (χ1) is 11.9. The van der Waals surface area contributed by atoms with Gasteiger partial charge in [0.25, 0.3) is 0 Å². The molecule has 0 aromatic rings. The van der Waals surface area contributed by atoms with Crippen LogP contribution in [-0.2, 0) is 18.4 Å². The molecule has 0 spiro atoms. The normalized spacial score (nSPS) is 25.1. The summed E-state index contributed by atoms with van der Waals surface area (Å²) in [7, 11) is -3.78. The Morgan fingerprint density at radius 3 is 1.76 bits per heavy atom. The van der Waals surface area contributed by atoms with Crippen molar-refractivity contribution in [3.63, 3.8) is 0 Å². The van der Waals surface area contributed by atoms with Gasteiger partial charge >= 0.3 is 5.97 Å². The van der Waals surface area contributed by atoms with E-state index in [1.807, 2.05) is 0 Å². The molecule has 5 nitrogen and oxygen atoms in total. The number of hydrogen-bond donors (Lipinski definition) is 1. The Bertz CT molecular complexity index is 394. The molecule has 1 fully saturated rings. The highest BCUT2D eigenvalue weighted by atomic mass is 28.4. The first kappa shape index (κ1) is 22.8. The SMILES string of the molecule is CC[Si](CC)(CC)O[C@@H]1[C@@H](O[Si](CC)(CC)CC)CCO[C@H]1C(=O)O. The highest BCUT2D eigenvalue weighted by molar-refractivity contribution is 6.74. The van der Waals surface area contributed by atoms with Crippen LogP contribution in [0.5, 0.6) is 0 Å². The molecule has 0 unspecified atom stereocenters. The molecule has 148 valence electrons. The van der Waals surface area contributed by atoms with Gasteiger partial charge in [-0.2, -0.15) is 0 Å². The molecule has 0 bridgehead atoms. The van der Waals surface area contributed by atoms with Gasteiger partial charge in [-0.3, -0.25) is 0 Å². The average molecular weight is 391 g/mol. The quantitative estimate of drug-likeness (QED) is 0.521.